The Balaban J connectivity index is 1.35. The number of nitrogens with zero attached hydrogens (tertiary/aromatic N) is 3. The molecular formula is C24H30N4O2S. The molecule has 7 heteroatoms. The molecule has 2 heterocycles. The minimum Gasteiger partial charge on any atom is -0.489 e. The topological polar surface area (TPSA) is 55.3 Å². The minimum atomic E-state index is 0.540. The Labute approximate surface area is 188 Å². The summed E-state index contributed by atoms with van der Waals surface area (Å²) in [4.78, 5) is 2.44. The zero-order chi connectivity index (χ0) is 21.5. The molecule has 31 heavy (non-hydrogen) atoms. The molecule has 4 rings (SSSR count). The molecule has 0 saturated carbocycles. The molecule has 0 amide bonds. The number of nitrogens with one attached hydrogen (secondary N) is 1. The van der Waals surface area contributed by atoms with Gasteiger partial charge in [0.2, 0.25) is 0 Å². The molecule has 0 aliphatic carbocycles. The van der Waals surface area contributed by atoms with Crippen molar-refractivity contribution in [2.45, 2.75) is 32.9 Å². The van der Waals surface area contributed by atoms with Crippen molar-refractivity contribution in [3.63, 3.8) is 0 Å². The standard InChI is InChI=1S/C24H30N4O2S/c1-2-19-6-10-22(11-7-19)30-18-20-4-8-21(9-5-20)23-25-26-24(31)28(23)13-3-12-27-14-16-29-17-15-27/h4-11H,2-3,12-18H2,1H3,(H,26,31). The lowest BCUT2D eigenvalue weighted by Gasteiger charge is -2.26. The second-order valence-electron chi connectivity index (χ2n) is 7.79. The van der Waals surface area contributed by atoms with Crippen LogP contribution in [0.1, 0.15) is 24.5 Å². The molecule has 1 aromatic heterocycles. The smallest absolute Gasteiger partial charge is 0.195 e. The van der Waals surface area contributed by atoms with Gasteiger partial charge in [0.05, 0.1) is 13.2 Å². The molecule has 2 aromatic carbocycles. The maximum absolute atomic E-state index is 5.92. The number of morpholine rings is 1. The fourth-order valence-electron chi connectivity index (χ4n) is 3.76. The summed E-state index contributed by atoms with van der Waals surface area (Å²) in [6.45, 7) is 8.27. The van der Waals surface area contributed by atoms with Gasteiger partial charge in [-0.1, -0.05) is 43.3 Å². The first-order valence-electron chi connectivity index (χ1n) is 11.0. The fraction of sp³-hybridized carbons (Fsp3) is 0.417. The Kier molecular flexibility index (Phi) is 7.51. The van der Waals surface area contributed by atoms with E-state index in [-0.39, 0.29) is 0 Å². The Hall–Kier alpha value is -2.48. The molecule has 1 saturated heterocycles. The molecule has 0 bridgehead atoms. The van der Waals surface area contributed by atoms with E-state index >= 15 is 0 Å². The van der Waals surface area contributed by atoms with E-state index < -0.39 is 0 Å². The largest absolute Gasteiger partial charge is 0.489 e. The molecule has 164 valence electrons. The van der Waals surface area contributed by atoms with Crippen LogP contribution in [0.3, 0.4) is 0 Å². The van der Waals surface area contributed by atoms with E-state index in [9.17, 15) is 0 Å². The zero-order valence-electron chi connectivity index (χ0n) is 18.0. The summed E-state index contributed by atoms with van der Waals surface area (Å²) in [6.07, 6.45) is 2.07. The highest BCUT2D eigenvalue weighted by molar-refractivity contribution is 7.71. The number of aromatic nitrogens is 3. The van der Waals surface area contributed by atoms with E-state index in [1.165, 1.54) is 5.56 Å². The first-order valence-corrected chi connectivity index (χ1v) is 11.4. The average molecular weight is 439 g/mol. The van der Waals surface area contributed by atoms with Crippen LogP contribution in [0.4, 0.5) is 0 Å². The molecule has 1 N–H and O–H groups in total. The SMILES string of the molecule is CCc1ccc(OCc2ccc(-c3n[nH]c(=S)n3CCCN3CCOCC3)cc2)cc1. The first kappa shape index (κ1) is 21.7. The maximum Gasteiger partial charge on any atom is 0.195 e. The van der Waals surface area contributed by atoms with Crippen LogP contribution in [0.2, 0.25) is 0 Å². The summed E-state index contributed by atoms with van der Waals surface area (Å²) in [6, 6.07) is 16.6. The number of rotatable bonds is 9. The quantitative estimate of drug-likeness (QED) is 0.500. The number of H-pyrrole nitrogens is 1. The predicted octanol–water partition coefficient (Wildman–Crippen LogP) is 4.47. The van der Waals surface area contributed by atoms with Crippen LogP contribution in [0.25, 0.3) is 11.4 Å². The molecule has 1 aliphatic rings. The van der Waals surface area contributed by atoms with Gasteiger partial charge in [-0.3, -0.25) is 10.00 Å². The van der Waals surface area contributed by atoms with Gasteiger partial charge in [-0.15, -0.1) is 0 Å². The van der Waals surface area contributed by atoms with Gasteiger partial charge < -0.3 is 14.0 Å². The fourth-order valence-corrected chi connectivity index (χ4v) is 3.98. The maximum atomic E-state index is 5.92. The van der Waals surface area contributed by atoms with Gasteiger partial charge in [0.25, 0.3) is 0 Å². The second-order valence-corrected chi connectivity index (χ2v) is 8.18. The second kappa shape index (κ2) is 10.7. The van der Waals surface area contributed by atoms with E-state index in [2.05, 4.69) is 63.0 Å². The van der Waals surface area contributed by atoms with E-state index in [1.807, 2.05) is 12.1 Å². The Morgan fingerprint density at radius 3 is 2.42 bits per heavy atom. The lowest BCUT2D eigenvalue weighted by atomic mass is 10.1. The van der Waals surface area contributed by atoms with E-state index in [0.29, 0.717) is 11.4 Å². The number of ether oxygens (including phenoxy) is 2. The van der Waals surface area contributed by atoms with Gasteiger partial charge in [-0.25, -0.2) is 0 Å². The number of aryl methyl sites for hydroxylation is 1. The molecule has 6 nitrogen and oxygen atoms in total. The highest BCUT2D eigenvalue weighted by atomic mass is 32.1. The highest BCUT2D eigenvalue weighted by Crippen LogP contribution is 2.20. The zero-order valence-corrected chi connectivity index (χ0v) is 18.9. The van der Waals surface area contributed by atoms with Crippen LogP contribution >= 0.6 is 12.2 Å². The Bertz CT molecular complexity index is 1010. The van der Waals surface area contributed by atoms with Crippen LogP contribution in [0.5, 0.6) is 5.75 Å². The van der Waals surface area contributed by atoms with Crippen molar-refractivity contribution in [3.8, 4) is 17.1 Å². The van der Waals surface area contributed by atoms with Crippen LogP contribution in [-0.2, 0) is 24.3 Å². The third kappa shape index (κ3) is 5.81. The lowest BCUT2D eigenvalue weighted by Crippen LogP contribution is -2.37. The summed E-state index contributed by atoms with van der Waals surface area (Å²) in [5.74, 6) is 1.78. The molecule has 0 unspecified atom stereocenters. The number of aromatic amines is 1. The minimum absolute atomic E-state index is 0.540. The summed E-state index contributed by atoms with van der Waals surface area (Å²) in [5.41, 5.74) is 3.49. The number of hydrogen-bond acceptors (Lipinski definition) is 5. The Morgan fingerprint density at radius 1 is 1.00 bits per heavy atom. The third-order valence-corrected chi connectivity index (χ3v) is 5.98. The van der Waals surface area contributed by atoms with Crippen LogP contribution < -0.4 is 4.74 Å². The van der Waals surface area contributed by atoms with Gasteiger partial charge in [0, 0.05) is 31.7 Å². The number of hydrogen-bond donors (Lipinski definition) is 1. The van der Waals surface area contributed by atoms with Crippen LogP contribution in [0, 0.1) is 4.77 Å². The van der Waals surface area contributed by atoms with E-state index in [1.54, 1.807) is 0 Å². The van der Waals surface area contributed by atoms with Crippen molar-refractivity contribution in [2.75, 3.05) is 32.8 Å². The van der Waals surface area contributed by atoms with Crippen LogP contribution in [0.15, 0.2) is 48.5 Å². The van der Waals surface area contributed by atoms with Crippen molar-refractivity contribution in [1.82, 2.24) is 19.7 Å². The van der Waals surface area contributed by atoms with Crippen molar-refractivity contribution in [3.05, 3.63) is 64.4 Å². The van der Waals surface area contributed by atoms with Crippen molar-refractivity contribution in [2.24, 2.45) is 0 Å². The normalized spacial score (nSPS) is 14.6. The average Bonchev–Trinajstić information content (AvgIpc) is 3.19. The van der Waals surface area contributed by atoms with Gasteiger partial charge in [0.1, 0.15) is 12.4 Å². The molecule has 1 fully saturated rings. The lowest BCUT2D eigenvalue weighted by molar-refractivity contribution is 0.0369. The summed E-state index contributed by atoms with van der Waals surface area (Å²) < 4.78 is 14.1. The molecular weight excluding hydrogens is 408 g/mol. The summed E-state index contributed by atoms with van der Waals surface area (Å²) in [5, 5.41) is 7.42. The van der Waals surface area contributed by atoms with Gasteiger partial charge >= 0.3 is 0 Å². The molecule has 0 radical (unpaired) electrons. The predicted molar refractivity (Wildman–Crippen MR) is 125 cm³/mol. The Morgan fingerprint density at radius 2 is 1.71 bits per heavy atom. The van der Waals surface area contributed by atoms with Crippen LogP contribution in [-0.4, -0.2) is 52.5 Å². The van der Waals surface area contributed by atoms with Gasteiger partial charge in [0.15, 0.2) is 10.6 Å². The molecule has 0 spiro atoms. The van der Waals surface area contributed by atoms with Gasteiger partial charge in [-0.2, -0.15) is 5.10 Å². The molecule has 3 aromatic rings. The van der Waals surface area contributed by atoms with Gasteiger partial charge in [-0.05, 0) is 48.3 Å². The van der Waals surface area contributed by atoms with Crippen molar-refractivity contribution in [1.29, 1.82) is 0 Å². The third-order valence-electron chi connectivity index (χ3n) is 5.67. The monoisotopic (exact) mass is 438 g/mol. The first-order chi connectivity index (χ1) is 15.2. The van der Waals surface area contributed by atoms with E-state index in [4.69, 9.17) is 21.7 Å². The molecule has 1 aliphatic heterocycles. The van der Waals surface area contributed by atoms with Crippen molar-refractivity contribution < 1.29 is 9.47 Å². The summed E-state index contributed by atoms with van der Waals surface area (Å²) >= 11 is 5.47. The van der Waals surface area contributed by atoms with Crippen molar-refractivity contribution >= 4 is 12.2 Å². The number of benzene rings is 2. The molecule has 0 atom stereocenters. The highest BCUT2D eigenvalue weighted by Gasteiger charge is 2.12. The summed E-state index contributed by atoms with van der Waals surface area (Å²) in [7, 11) is 0. The van der Waals surface area contributed by atoms with E-state index in [0.717, 1.165) is 74.9 Å².